The Bertz CT molecular complexity index is 223. The second-order valence-electron chi connectivity index (χ2n) is 6.52. The third-order valence-corrected chi connectivity index (χ3v) is 4.99. The molecule has 1 aliphatic rings. The van der Waals surface area contributed by atoms with Crippen LogP contribution in [-0.2, 0) is 0 Å². The van der Waals surface area contributed by atoms with Crippen molar-refractivity contribution >= 4 is 0 Å². The molecular weight excluding hydrogens is 222 g/mol. The zero-order valence-electron chi connectivity index (χ0n) is 12.8. The average molecular weight is 255 g/mol. The Morgan fingerprint density at radius 3 is 2.33 bits per heavy atom. The van der Waals surface area contributed by atoms with Crippen molar-refractivity contribution in [1.29, 1.82) is 0 Å². The molecule has 0 aromatic heterocycles. The van der Waals surface area contributed by atoms with Gasteiger partial charge in [0.2, 0.25) is 0 Å². The maximum Gasteiger partial charge on any atom is 0.0766 e. The zero-order valence-corrected chi connectivity index (χ0v) is 12.8. The average Bonchev–Trinajstić information content (AvgIpc) is 2.61. The number of aliphatic hydroxyl groups is 1. The quantitative estimate of drug-likeness (QED) is 0.709. The van der Waals surface area contributed by atoms with Crippen molar-refractivity contribution in [3.8, 4) is 0 Å². The third kappa shape index (κ3) is 4.89. The number of hydrogen-bond acceptors (Lipinski definition) is 2. The summed E-state index contributed by atoms with van der Waals surface area (Å²) in [6.07, 6.45) is 8.35. The monoisotopic (exact) mass is 255 g/mol. The fraction of sp³-hybridized carbons (Fsp3) is 1.00. The van der Waals surface area contributed by atoms with Crippen molar-refractivity contribution in [2.45, 2.75) is 84.3 Å². The molecule has 0 heterocycles. The van der Waals surface area contributed by atoms with Crippen molar-refractivity contribution in [3.63, 3.8) is 0 Å². The van der Waals surface area contributed by atoms with Gasteiger partial charge in [-0.15, -0.1) is 0 Å². The Morgan fingerprint density at radius 1 is 1.11 bits per heavy atom. The van der Waals surface area contributed by atoms with E-state index in [1.807, 2.05) is 0 Å². The molecule has 0 saturated heterocycles. The summed E-state index contributed by atoms with van der Waals surface area (Å²) in [5, 5.41) is 13.9. The van der Waals surface area contributed by atoms with Crippen molar-refractivity contribution in [3.05, 3.63) is 0 Å². The van der Waals surface area contributed by atoms with E-state index < -0.39 is 5.60 Å². The lowest BCUT2D eigenvalue weighted by Gasteiger charge is -2.28. The molecule has 0 aromatic rings. The van der Waals surface area contributed by atoms with Crippen molar-refractivity contribution in [1.82, 2.24) is 5.32 Å². The summed E-state index contributed by atoms with van der Waals surface area (Å²) >= 11 is 0. The molecule has 108 valence electrons. The molecule has 18 heavy (non-hydrogen) atoms. The van der Waals surface area contributed by atoms with E-state index in [-0.39, 0.29) is 0 Å². The zero-order chi connectivity index (χ0) is 13.6. The van der Waals surface area contributed by atoms with Gasteiger partial charge in [0.05, 0.1) is 5.60 Å². The van der Waals surface area contributed by atoms with Crippen LogP contribution in [0.25, 0.3) is 0 Å². The summed E-state index contributed by atoms with van der Waals surface area (Å²) in [7, 11) is 0. The highest BCUT2D eigenvalue weighted by atomic mass is 16.3. The molecule has 0 spiro atoms. The molecule has 1 fully saturated rings. The smallest absolute Gasteiger partial charge is 0.0766 e. The standard InChI is InChI=1S/C16H33NO/c1-5-16(18,6-2)12-17-15-9-7-8-14(10-11-15)13(3)4/h13-15,17-18H,5-12H2,1-4H3. The molecule has 1 rings (SSSR count). The van der Waals surface area contributed by atoms with E-state index in [2.05, 4.69) is 33.0 Å². The van der Waals surface area contributed by atoms with E-state index in [4.69, 9.17) is 0 Å². The van der Waals surface area contributed by atoms with Gasteiger partial charge in [0.25, 0.3) is 0 Å². The van der Waals surface area contributed by atoms with Gasteiger partial charge in [-0.1, -0.05) is 40.5 Å². The first-order valence-electron chi connectivity index (χ1n) is 7.96. The number of nitrogens with one attached hydrogen (secondary N) is 1. The predicted octanol–water partition coefficient (Wildman–Crippen LogP) is 3.73. The Morgan fingerprint density at radius 2 is 1.78 bits per heavy atom. The van der Waals surface area contributed by atoms with Gasteiger partial charge >= 0.3 is 0 Å². The normalized spacial score (nSPS) is 26.3. The molecule has 0 amide bonds. The molecular formula is C16H33NO. The SMILES string of the molecule is CCC(O)(CC)CNC1CCCC(C(C)C)CC1. The molecule has 1 aliphatic carbocycles. The molecule has 0 aliphatic heterocycles. The maximum absolute atomic E-state index is 10.3. The fourth-order valence-electron chi connectivity index (χ4n) is 3.04. The first-order chi connectivity index (χ1) is 8.50. The van der Waals surface area contributed by atoms with E-state index in [1.165, 1.54) is 32.1 Å². The van der Waals surface area contributed by atoms with Crippen molar-refractivity contribution in [2.75, 3.05) is 6.54 Å². The van der Waals surface area contributed by atoms with Crippen LogP contribution in [0.3, 0.4) is 0 Å². The summed E-state index contributed by atoms with van der Waals surface area (Å²) in [4.78, 5) is 0. The topological polar surface area (TPSA) is 32.3 Å². The first kappa shape index (κ1) is 16.0. The highest BCUT2D eigenvalue weighted by molar-refractivity contribution is 4.82. The number of hydrogen-bond donors (Lipinski definition) is 2. The fourth-order valence-corrected chi connectivity index (χ4v) is 3.04. The molecule has 2 heteroatoms. The summed E-state index contributed by atoms with van der Waals surface area (Å²) in [6.45, 7) is 9.62. The van der Waals surface area contributed by atoms with E-state index in [1.54, 1.807) is 0 Å². The lowest BCUT2D eigenvalue weighted by Crippen LogP contribution is -2.43. The van der Waals surface area contributed by atoms with Gasteiger partial charge in [-0.25, -0.2) is 0 Å². The minimum atomic E-state index is -0.496. The minimum Gasteiger partial charge on any atom is -0.389 e. The Kier molecular flexibility index (Phi) is 6.65. The maximum atomic E-state index is 10.3. The van der Waals surface area contributed by atoms with Crippen LogP contribution in [0.1, 0.15) is 72.6 Å². The molecule has 0 bridgehead atoms. The van der Waals surface area contributed by atoms with Gasteiger partial charge in [-0.2, -0.15) is 0 Å². The van der Waals surface area contributed by atoms with Crippen LogP contribution in [0.15, 0.2) is 0 Å². The molecule has 0 aromatic carbocycles. The molecule has 1 saturated carbocycles. The molecule has 2 atom stereocenters. The van der Waals surface area contributed by atoms with Gasteiger partial charge in [0.15, 0.2) is 0 Å². The molecule has 2 unspecified atom stereocenters. The van der Waals surface area contributed by atoms with Crippen LogP contribution >= 0.6 is 0 Å². The van der Waals surface area contributed by atoms with Gasteiger partial charge in [0.1, 0.15) is 0 Å². The second kappa shape index (κ2) is 7.49. The van der Waals surface area contributed by atoms with Crippen molar-refractivity contribution in [2.24, 2.45) is 11.8 Å². The molecule has 2 nitrogen and oxygen atoms in total. The van der Waals surface area contributed by atoms with Crippen LogP contribution in [0, 0.1) is 11.8 Å². The lowest BCUT2D eigenvalue weighted by atomic mass is 9.89. The lowest BCUT2D eigenvalue weighted by molar-refractivity contribution is 0.0293. The van der Waals surface area contributed by atoms with Crippen molar-refractivity contribution < 1.29 is 5.11 Å². The first-order valence-corrected chi connectivity index (χ1v) is 7.96. The summed E-state index contributed by atoms with van der Waals surface area (Å²) in [5.41, 5.74) is -0.496. The van der Waals surface area contributed by atoms with E-state index in [9.17, 15) is 5.11 Å². The Hall–Kier alpha value is -0.0800. The van der Waals surface area contributed by atoms with Gasteiger partial charge in [0, 0.05) is 12.6 Å². The van der Waals surface area contributed by atoms with E-state index in [0.717, 1.165) is 31.2 Å². The molecule has 2 N–H and O–H groups in total. The van der Waals surface area contributed by atoms with E-state index in [0.29, 0.717) is 6.04 Å². The predicted molar refractivity (Wildman–Crippen MR) is 78.7 cm³/mol. The third-order valence-electron chi connectivity index (χ3n) is 4.99. The van der Waals surface area contributed by atoms with Crippen LogP contribution in [0.4, 0.5) is 0 Å². The minimum absolute atomic E-state index is 0.496. The van der Waals surface area contributed by atoms with Gasteiger partial charge < -0.3 is 10.4 Å². The summed E-state index contributed by atoms with van der Waals surface area (Å²) in [5.74, 6) is 1.74. The summed E-state index contributed by atoms with van der Waals surface area (Å²) in [6, 6.07) is 0.623. The van der Waals surface area contributed by atoms with E-state index >= 15 is 0 Å². The second-order valence-corrected chi connectivity index (χ2v) is 6.52. The largest absolute Gasteiger partial charge is 0.389 e. The highest BCUT2D eigenvalue weighted by Gasteiger charge is 2.25. The Labute approximate surface area is 114 Å². The molecule has 0 radical (unpaired) electrons. The van der Waals surface area contributed by atoms with Crippen LogP contribution in [0.2, 0.25) is 0 Å². The Balaban J connectivity index is 2.35. The van der Waals surface area contributed by atoms with Crippen LogP contribution < -0.4 is 5.32 Å². The van der Waals surface area contributed by atoms with Crippen LogP contribution in [0.5, 0.6) is 0 Å². The highest BCUT2D eigenvalue weighted by Crippen LogP contribution is 2.29. The van der Waals surface area contributed by atoms with Crippen LogP contribution in [-0.4, -0.2) is 23.3 Å². The summed E-state index contributed by atoms with van der Waals surface area (Å²) < 4.78 is 0. The van der Waals surface area contributed by atoms with Gasteiger partial charge in [-0.05, 0) is 43.9 Å². The van der Waals surface area contributed by atoms with Gasteiger partial charge in [-0.3, -0.25) is 0 Å². The number of rotatable bonds is 6.